The van der Waals surface area contributed by atoms with Crippen LogP contribution >= 0.6 is 0 Å². The van der Waals surface area contributed by atoms with Gasteiger partial charge in [-0.25, -0.2) is 4.98 Å². The van der Waals surface area contributed by atoms with Crippen LogP contribution in [0.25, 0.3) is 66.6 Å². The van der Waals surface area contributed by atoms with Crippen LogP contribution in [0.15, 0.2) is 108 Å². The Morgan fingerprint density at radius 1 is 0.489 bits per heavy atom. The van der Waals surface area contributed by atoms with E-state index in [1.165, 1.54) is 43.6 Å². The van der Waals surface area contributed by atoms with Crippen molar-refractivity contribution in [3.63, 3.8) is 0 Å². The summed E-state index contributed by atoms with van der Waals surface area (Å²) in [4.78, 5) is 18.1. The molecule has 6 aromatic carbocycles. The van der Waals surface area contributed by atoms with Gasteiger partial charge in [0.05, 0.1) is 16.9 Å². The molecule has 1 aliphatic heterocycles. The van der Waals surface area contributed by atoms with Gasteiger partial charge >= 0.3 is 0 Å². The first-order valence-electron chi connectivity index (χ1n) is 16.1. The Balaban J connectivity index is 1.39. The molecular weight excluding hydrogens is 570 g/mol. The molecular formula is C37H27B5N4O. The van der Waals surface area contributed by atoms with Gasteiger partial charge in [0.2, 0.25) is 5.95 Å². The summed E-state index contributed by atoms with van der Waals surface area (Å²) in [6, 6.07) is 35.9. The van der Waals surface area contributed by atoms with Crippen LogP contribution in [-0.2, 0) is 0 Å². The highest BCUT2D eigenvalue weighted by molar-refractivity contribution is 6.68. The highest BCUT2D eigenvalue weighted by atomic mass is 16.3. The Hall–Kier alpha value is -5.49. The molecule has 10 heteroatoms. The number of hydrogen-bond donors (Lipinski definition) is 0. The van der Waals surface area contributed by atoms with Crippen LogP contribution in [0.2, 0.25) is 0 Å². The van der Waals surface area contributed by atoms with Crippen LogP contribution in [0.3, 0.4) is 0 Å². The monoisotopic (exact) mass is 598 g/mol. The van der Waals surface area contributed by atoms with Gasteiger partial charge in [0.15, 0.2) is 11.6 Å². The van der Waals surface area contributed by atoms with Crippen LogP contribution in [0, 0.1) is 0 Å². The van der Waals surface area contributed by atoms with Gasteiger partial charge < -0.3 is 4.42 Å². The largest absolute Gasteiger partial charge is 0.455 e. The Labute approximate surface area is 277 Å². The second kappa shape index (κ2) is 10.3. The van der Waals surface area contributed by atoms with Crippen molar-refractivity contribution in [1.82, 2.24) is 15.0 Å². The van der Waals surface area contributed by atoms with E-state index in [2.05, 4.69) is 129 Å². The summed E-state index contributed by atoms with van der Waals surface area (Å²) >= 11 is 0. The molecule has 1 aliphatic rings. The van der Waals surface area contributed by atoms with Crippen molar-refractivity contribution in [1.29, 1.82) is 0 Å². The van der Waals surface area contributed by atoms with Crippen molar-refractivity contribution in [3.05, 3.63) is 103 Å². The molecule has 47 heavy (non-hydrogen) atoms. The van der Waals surface area contributed by atoms with Crippen molar-refractivity contribution in [2.24, 2.45) is 0 Å². The molecule has 0 bridgehead atoms. The van der Waals surface area contributed by atoms with Gasteiger partial charge in [0, 0.05) is 27.3 Å². The third-order valence-electron chi connectivity index (χ3n) is 10.3. The molecule has 9 rings (SSSR count). The van der Waals surface area contributed by atoms with E-state index in [9.17, 15) is 0 Å². The molecule has 0 saturated carbocycles. The first-order valence-corrected chi connectivity index (χ1v) is 16.1. The lowest BCUT2D eigenvalue weighted by Gasteiger charge is -2.32. The van der Waals surface area contributed by atoms with Crippen LogP contribution in [-0.4, -0.2) is 54.2 Å². The zero-order valence-corrected chi connectivity index (χ0v) is 27.0. The molecule has 0 atom stereocenters. The van der Waals surface area contributed by atoms with E-state index >= 15 is 0 Å². The summed E-state index contributed by atoms with van der Waals surface area (Å²) in [5, 5.41) is 4.48. The van der Waals surface area contributed by atoms with Crippen LogP contribution in [0.1, 0.15) is 0 Å². The predicted octanol–water partition coefficient (Wildman–Crippen LogP) is 1.00. The topological polar surface area (TPSA) is 55.1 Å². The molecule has 5 nitrogen and oxygen atoms in total. The fourth-order valence-corrected chi connectivity index (χ4v) is 7.43. The Morgan fingerprint density at radius 3 is 1.91 bits per heavy atom. The van der Waals surface area contributed by atoms with Gasteiger partial charge in [0.1, 0.15) is 50.4 Å². The number of anilines is 3. The van der Waals surface area contributed by atoms with E-state index in [4.69, 9.17) is 19.4 Å². The molecule has 2 aromatic heterocycles. The maximum Gasteiger partial charge on any atom is 0.238 e. The number of hydrogen-bond acceptors (Lipinski definition) is 5. The van der Waals surface area contributed by atoms with Crippen molar-refractivity contribution in [2.75, 3.05) is 4.90 Å². The molecule has 0 fully saturated rings. The number of rotatable bonds is 3. The number of benzene rings is 6. The van der Waals surface area contributed by atoms with Gasteiger partial charge in [-0.3, -0.25) is 4.90 Å². The Morgan fingerprint density at radius 2 is 1.09 bits per heavy atom. The Kier molecular flexibility index (Phi) is 6.07. The summed E-state index contributed by atoms with van der Waals surface area (Å²) in [5.41, 5.74) is 14.1. The highest BCUT2D eigenvalue weighted by Gasteiger charge is 2.29. The van der Waals surface area contributed by atoms with Crippen LogP contribution in [0.4, 0.5) is 17.3 Å². The van der Waals surface area contributed by atoms with E-state index in [0.717, 1.165) is 50.0 Å². The number of nitrogens with zero attached hydrogens (tertiary/aromatic N) is 4. The van der Waals surface area contributed by atoms with E-state index in [1.807, 2.05) is 18.2 Å². The highest BCUT2D eigenvalue weighted by Crippen LogP contribution is 2.50. The third kappa shape index (κ3) is 4.00. The summed E-state index contributed by atoms with van der Waals surface area (Å²) in [7, 11) is 10.9. The first kappa shape index (κ1) is 27.8. The number of para-hydroxylation sites is 3. The summed E-state index contributed by atoms with van der Waals surface area (Å²) < 4.78 is 6.51. The molecule has 0 saturated heterocycles. The maximum atomic E-state index is 6.51. The first-order chi connectivity index (χ1) is 22.9. The lowest BCUT2D eigenvalue weighted by Crippen LogP contribution is -2.55. The molecule has 0 N–H and O–H groups in total. The van der Waals surface area contributed by atoms with Crippen LogP contribution in [0.5, 0.6) is 0 Å². The lowest BCUT2D eigenvalue weighted by molar-refractivity contribution is 0.669. The lowest BCUT2D eigenvalue weighted by atomic mass is 9.60. The van der Waals surface area contributed by atoms with Gasteiger partial charge in [-0.05, 0) is 35.2 Å². The smallest absolute Gasteiger partial charge is 0.238 e. The molecule has 3 heterocycles. The minimum absolute atomic E-state index is 0.572. The van der Waals surface area contributed by atoms with Crippen LogP contribution < -0.4 is 32.2 Å². The maximum absolute atomic E-state index is 6.51. The normalized spacial score (nSPS) is 12.2. The van der Waals surface area contributed by atoms with Gasteiger partial charge in [0.25, 0.3) is 0 Å². The molecule has 216 valence electrons. The number of fused-ring (bicyclic) bond motifs is 5. The molecule has 0 unspecified atom stereocenters. The Bertz CT molecular complexity index is 2580. The van der Waals surface area contributed by atoms with Gasteiger partial charge in [-0.2, -0.15) is 9.97 Å². The number of aromatic nitrogens is 3. The molecule has 0 amide bonds. The second-order valence-electron chi connectivity index (χ2n) is 12.6. The molecule has 0 radical (unpaired) electrons. The molecule has 0 aliphatic carbocycles. The fraction of sp³-hybridized carbons (Fsp3) is 0. The summed E-state index contributed by atoms with van der Waals surface area (Å²) in [5.74, 6) is 1.80. The van der Waals surface area contributed by atoms with E-state index in [-0.39, 0.29) is 0 Å². The molecule has 8 aromatic rings. The van der Waals surface area contributed by atoms with Crippen molar-refractivity contribution >= 4 is 117 Å². The standard InChI is InChI=1S/C37H27B5N4O/c38-29-28(30(39)32(41)33(42)31(29)40)36-43-35(23-14-7-13-22-20-11-2-4-17-26(20)47-34(22)23)44-37(45-36)46-24-15-3-1-10-19(24)21-12-5-8-18-9-6-16-25(46)27(18)21/h1-17H,38-42H2. The van der Waals surface area contributed by atoms with Crippen molar-refractivity contribution < 1.29 is 4.42 Å². The van der Waals surface area contributed by atoms with E-state index in [0.29, 0.717) is 17.6 Å². The van der Waals surface area contributed by atoms with Gasteiger partial charge in [-0.15, -0.1) is 16.4 Å². The summed E-state index contributed by atoms with van der Waals surface area (Å²) in [6.45, 7) is 0. The third-order valence-corrected chi connectivity index (χ3v) is 10.3. The summed E-state index contributed by atoms with van der Waals surface area (Å²) in [6.07, 6.45) is 0. The minimum Gasteiger partial charge on any atom is -0.455 e. The SMILES string of the molecule is Bc1c(B)c(B)c(-c2nc(-c3cccc4c3oc3ccccc34)nc(N3c4ccccc4-c4cccc5cccc3c45)n2)c(B)c1B. The zero-order valence-electron chi connectivity index (χ0n) is 27.0. The average Bonchev–Trinajstić information content (AvgIpc) is 3.49. The van der Waals surface area contributed by atoms with Crippen molar-refractivity contribution in [3.8, 4) is 33.9 Å². The second-order valence-corrected chi connectivity index (χ2v) is 12.6. The quantitative estimate of drug-likeness (QED) is 0.285. The minimum atomic E-state index is 0.572. The van der Waals surface area contributed by atoms with Crippen molar-refractivity contribution in [2.45, 2.75) is 0 Å². The zero-order chi connectivity index (χ0) is 32.0. The van der Waals surface area contributed by atoms with E-state index < -0.39 is 0 Å². The van der Waals surface area contributed by atoms with Gasteiger partial charge in [-0.1, -0.05) is 89.8 Å². The predicted molar refractivity (Wildman–Crippen MR) is 210 cm³/mol. The van der Waals surface area contributed by atoms with E-state index in [1.54, 1.807) is 0 Å². The average molecular weight is 598 g/mol. The fourth-order valence-electron chi connectivity index (χ4n) is 7.43. The molecule has 0 spiro atoms. The number of furan rings is 1.